The van der Waals surface area contributed by atoms with E-state index in [0.29, 0.717) is 0 Å². The number of piperidine rings is 1. The molecule has 1 saturated heterocycles. The number of hydrogen-bond donors (Lipinski definition) is 1. The molecule has 2 nitrogen and oxygen atoms in total. The minimum atomic E-state index is 0. The fourth-order valence-electron chi connectivity index (χ4n) is 3.61. The van der Waals surface area contributed by atoms with Crippen LogP contribution in [0.5, 0.6) is 0 Å². The fourth-order valence-corrected chi connectivity index (χ4v) is 3.61. The Bertz CT molecular complexity index is 211. The standard InChI is InChI=1S/C15H30N2.ClH/c1-13(15-6-4-3-5-7-15)17(2)12-14-8-10-16-11-9-14;/h13-16H,3-12H2,1-2H3;1H/t13-;/m0./s1. The maximum absolute atomic E-state index is 3.46. The first-order chi connectivity index (χ1) is 8.27. The van der Waals surface area contributed by atoms with Crippen molar-refractivity contribution in [3.05, 3.63) is 0 Å². The number of nitrogens with zero attached hydrogens (tertiary/aromatic N) is 1. The van der Waals surface area contributed by atoms with E-state index in [4.69, 9.17) is 0 Å². The molecule has 1 N–H and O–H groups in total. The first-order valence-corrected chi connectivity index (χ1v) is 7.68. The van der Waals surface area contributed by atoms with Crippen molar-refractivity contribution in [2.75, 3.05) is 26.7 Å². The molecule has 108 valence electrons. The van der Waals surface area contributed by atoms with Crippen molar-refractivity contribution in [1.82, 2.24) is 10.2 Å². The average Bonchev–Trinajstić information content (AvgIpc) is 2.40. The Morgan fingerprint density at radius 1 is 1.06 bits per heavy atom. The third-order valence-corrected chi connectivity index (χ3v) is 5.03. The first kappa shape index (κ1) is 16.3. The Balaban J connectivity index is 0.00000162. The molecule has 0 radical (unpaired) electrons. The predicted octanol–water partition coefficient (Wildman–Crippen LogP) is 3.31. The topological polar surface area (TPSA) is 15.3 Å². The van der Waals surface area contributed by atoms with Gasteiger partial charge in [-0.3, -0.25) is 0 Å². The SMILES string of the molecule is C[C@@H](C1CCCCC1)N(C)CC1CCNCC1.Cl. The first-order valence-electron chi connectivity index (χ1n) is 7.68. The van der Waals surface area contributed by atoms with Crippen LogP contribution in [-0.4, -0.2) is 37.6 Å². The quantitative estimate of drug-likeness (QED) is 0.846. The van der Waals surface area contributed by atoms with Crippen LogP contribution < -0.4 is 5.32 Å². The molecule has 0 aromatic heterocycles. The molecule has 1 aliphatic heterocycles. The van der Waals surface area contributed by atoms with Gasteiger partial charge in [-0.15, -0.1) is 12.4 Å². The Labute approximate surface area is 119 Å². The summed E-state index contributed by atoms with van der Waals surface area (Å²) in [5.41, 5.74) is 0. The minimum absolute atomic E-state index is 0. The lowest BCUT2D eigenvalue weighted by molar-refractivity contribution is 0.130. The maximum atomic E-state index is 3.46. The van der Waals surface area contributed by atoms with Gasteiger partial charge in [0.1, 0.15) is 0 Å². The van der Waals surface area contributed by atoms with Crippen molar-refractivity contribution >= 4 is 12.4 Å². The zero-order chi connectivity index (χ0) is 12.1. The normalized spacial score (nSPS) is 24.8. The molecule has 2 aliphatic rings. The predicted molar refractivity (Wildman–Crippen MR) is 81.5 cm³/mol. The monoisotopic (exact) mass is 274 g/mol. The van der Waals surface area contributed by atoms with E-state index in [9.17, 15) is 0 Å². The lowest BCUT2D eigenvalue weighted by atomic mass is 9.83. The summed E-state index contributed by atoms with van der Waals surface area (Å²) in [6.45, 7) is 6.24. The van der Waals surface area contributed by atoms with Crippen LogP contribution >= 0.6 is 12.4 Å². The third kappa shape index (κ3) is 4.71. The molecule has 1 aliphatic carbocycles. The lowest BCUT2D eigenvalue weighted by Gasteiger charge is -2.37. The molecule has 0 bridgehead atoms. The van der Waals surface area contributed by atoms with Crippen LogP contribution in [0.3, 0.4) is 0 Å². The van der Waals surface area contributed by atoms with E-state index < -0.39 is 0 Å². The van der Waals surface area contributed by atoms with Crippen LogP contribution in [0.25, 0.3) is 0 Å². The molecule has 3 heteroatoms. The lowest BCUT2D eigenvalue weighted by Crippen LogP contribution is -2.41. The molecule has 0 amide bonds. The van der Waals surface area contributed by atoms with E-state index in [0.717, 1.165) is 17.9 Å². The zero-order valence-electron chi connectivity index (χ0n) is 12.2. The highest BCUT2D eigenvalue weighted by molar-refractivity contribution is 5.85. The molecule has 0 aromatic rings. The van der Waals surface area contributed by atoms with Crippen molar-refractivity contribution in [3.63, 3.8) is 0 Å². The third-order valence-electron chi connectivity index (χ3n) is 5.03. The number of rotatable bonds is 4. The summed E-state index contributed by atoms with van der Waals surface area (Å²) < 4.78 is 0. The van der Waals surface area contributed by atoms with Gasteiger partial charge in [0.05, 0.1) is 0 Å². The summed E-state index contributed by atoms with van der Waals surface area (Å²) in [4.78, 5) is 2.64. The van der Waals surface area contributed by atoms with Gasteiger partial charge in [0.2, 0.25) is 0 Å². The van der Waals surface area contributed by atoms with Gasteiger partial charge >= 0.3 is 0 Å². The second-order valence-corrected chi connectivity index (χ2v) is 6.27. The van der Waals surface area contributed by atoms with Crippen LogP contribution in [0.1, 0.15) is 51.9 Å². The van der Waals surface area contributed by atoms with Gasteiger partial charge in [-0.25, -0.2) is 0 Å². The number of halogens is 1. The maximum Gasteiger partial charge on any atom is 0.00922 e. The van der Waals surface area contributed by atoms with Crippen molar-refractivity contribution in [3.8, 4) is 0 Å². The van der Waals surface area contributed by atoms with E-state index in [1.165, 1.54) is 64.6 Å². The van der Waals surface area contributed by atoms with Crippen LogP contribution in [0.15, 0.2) is 0 Å². The summed E-state index contributed by atoms with van der Waals surface area (Å²) in [6.07, 6.45) is 10.1. The van der Waals surface area contributed by atoms with Gasteiger partial charge in [-0.1, -0.05) is 19.3 Å². The summed E-state index contributed by atoms with van der Waals surface area (Å²) in [5.74, 6) is 1.91. The second kappa shape index (κ2) is 8.39. The van der Waals surface area contributed by atoms with Crippen LogP contribution in [0.2, 0.25) is 0 Å². The second-order valence-electron chi connectivity index (χ2n) is 6.27. The largest absolute Gasteiger partial charge is 0.317 e. The number of hydrogen-bond acceptors (Lipinski definition) is 2. The molecular weight excluding hydrogens is 244 g/mol. The summed E-state index contributed by atoms with van der Waals surface area (Å²) in [7, 11) is 2.35. The van der Waals surface area contributed by atoms with Crippen LogP contribution in [-0.2, 0) is 0 Å². The highest BCUT2D eigenvalue weighted by atomic mass is 35.5. The van der Waals surface area contributed by atoms with Gasteiger partial charge in [0.15, 0.2) is 0 Å². The van der Waals surface area contributed by atoms with E-state index in [-0.39, 0.29) is 12.4 Å². The Morgan fingerprint density at radius 2 is 1.67 bits per heavy atom. The molecule has 1 atom stereocenters. The Hall–Kier alpha value is 0.210. The average molecular weight is 275 g/mol. The van der Waals surface area contributed by atoms with Crippen molar-refractivity contribution in [1.29, 1.82) is 0 Å². The molecule has 18 heavy (non-hydrogen) atoms. The van der Waals surface area contributed by atoms with Gasteiger partial charge in [0, 0.05) is 12.6 Å². The highest BCUT2D eigenvalue weighted by Gasteiger charge is 2.25. The van der Waals surface area contributed by atoms with Crippen LogP contribution in [0.4, 0.5) is 0 Å². The van der Waals surface area contributed by atoms with E-state index in [1.54, 1.807) is 0 Å². The molecule has 1 saturated carbocycles. The molecule has 1 heterocycles. The van der Waals surface area contributed by atoms with Gasteiger partial charge in [-0.05, 0) is 64.6 Å². The summed E-state index contributed by atoms with van der Waals surface area (Å²) >= 11 is 0. The Morgan fingerprint density at radius 3 is 2.28 bits per heavy atom. The van der Waals surface area contributed by atoms with Crippen molar-refractivity contribution in [2.45, 2.75) is 57.9 Å². The van der Waals surface area contributed by atoms with Crippen LogP contribution in [0, 0.1) is 11.8 Å². The van der Waals surface area contributed by atoms with Crippen molar-refractivity contribution < 1.29 is 0 Å². The molecular formula is C15H31ClN2. The molecule has 0 aromatic carbocycles. The highest BCUT2D eigenvalue weighted by Crippen LogP contribution is 2.29. The molecule has 0 spiro atoms. The fraction of sp³-hybridized carbons (Fsp3) is 1.00. The smallest absolute Gasteiger partial charge is 0.00922 e. The van der Waals surface area contributed by atoms with Gasteiger partial charge < -0.3 is 10.2 Å². The van der Waals surface area contributed by atoms with E-state index in [1.807, 2.05) is 0 Å². The van der Waals surface area contributed by atoms with E-state index in [2.05, 4.69) is 24.2 Å². The zero-order valence-corrected chi connectivity index (χ0v) is 13.0. The summed E-state index contributed by atoms with van der Waals surface area (Å²) in [5, 5.41) is 3.46. The van der Waals surface area contributed by atoms with Gasteiger partial charge in [-0.2, -0.15) is 0 Å². The Kier molecular flexibility index (Phi) is 7.59. The minimum Gasteiger partial charge on any atom is -0.317 e. The number of nitrogens with one attached hydrogen (secondary N) is 1. The molecule has 2 fully saturated rings. The molecule has 0 unspecified atom stereocenters. The van der Waals surface area contributed by atoms with Gasteiger partial charge in [0.25, 0.3) is 0 Å². The van der Waals surface area contributed by atoms with Crippen molar-refractivity contribution in [2.24, 2.45) is 11.8 Å². The summed E-state index contributed by atoms with van der Waals surface area (Å²) in [6, 6.07) is 0.796. The van der Waals surface area contributed by atoms with E-state index >= 15 is 0 Å². The molecule has 2 rings (SSSR count).